The van der Waals surface area contributed by atoms with Gasteiger partial charge in [0.05, 0.1) is 31.5 Å². The maximum atomic E-state index is 13.6. The summed E-state index contributed by atoms with van der Waals surface area (Å²) in [4.78, 5) is 27.5. The molecule has 1 aromatic heterocycles. The minimum Gasteiger partial charge on any atom is -0.497 e. The highest BCUT2D eigenvalue weighted by Gasteiger charge is 2.40. The molecule has 1 aliphatic rings. The van der Waals surface area contributed by atoms with Crippen LogP contribution in [0, 0.1) is 0 Å². The van der Waals surface area contributed by atoms with E-state index in [4.69, 9.17) is 9.47 Å². The fraction of sp³-hybridized carbons (Fsp3) is 0.250. The summed E-state index contributed by atoms with van der Waals surface area (Å²) in [6.07, 6.45) is -2.81. The molecule has 0 saturated heterocycles. The molecule has 2 heterocycles. The molecule has 1 aliphatic heterocycles. The van der Waals surface area contributed by atoms with Crippen molar-refractivity contribution in [1.29, 1.82) is 0 Å². The number of fused-ring (bicyclic) bond motifs is 1. The summed E-state index contributed by atoms with van der Waals surface area (Å²) in [5, 5.41) is 0. The van der Waals surface area contributed by atoms with E-state index in [0.29, 0.717) is 22.6 Å². The van der Waals surface area contributed by atoms with E-state index in [-0.39, 0.29) is 24.8 Å². The Bertz CT molecular complexity index is 1190. The fourth-order valence-corrected chi connectivity index (χ4v) is 3.93. The monoisotopic (exact) mass is 458 g/mol. The molecule has 1 atom stereocenters. The van der Waals surface area contributed by atoms with Crippen molar-refractivity contribution in [2.75, 3.05) is 18.6 Å². The highest BCUT2D eigenvalue weighted by atomic mass is 19.4. The lowest BCUT2D eigenvalue weighted by atomic mass is 10.1. The molecule has 172 valence electrons. The zero-order chi connectivity index (χ0) is 23.8. The van der Waals surface area contributed by atoms with Crippen molar-refractivity contribution in [3.05, 3.63) is 83.2 Å². The number of carbonyl (C=O) groups is 2. The smallest absolute Gasteiger partial charge is 0.416 e. The summed E-state index contributed by atoms with van der Waals surface area (Å²) in [7, 11) is 1.51. The summed E-state index contributed by atoms with van der Waals surface area (Å²) in [6, 6.07) is 12.2. The first-order chi connectivity index (χ1) is 15.7. The Labute approximate surface area is 188 Å². The lowest BCUT2D eigenvalue weighted by Crippen LogP contribution is -2.31. The van der Waals surface area contributed by atoms with E-state index < -0.39 is 23.8 Å². The summed E-state index contributed by atoms with van der Waals surface area (Å²) in [5.41, 5.74) is 1.22. The second-order valence-corrected chi connectivity index (χ2v) is 7.47. The number of nitrogens with zero attached hydrogens (tertiary/aromatic N) is 2. The Balaban J connectivity index is 1.73. The molecule has 3 aromatic rings. The lowest BCUT2D eigenvalue weighted by Gasteiger charge is -2.19. The predicted molar refractivity (Wildman–Crippen MR) is 114 cm³/mol. The Hall–Kier alpha value is -3.75. The number of hydrogen-bond donors (Lipinski definition) is 0. The fourth-order valence-electron chi connectivity index (χ4n) is 3.93. The summed E-state index contributed by atoms with van der Waals surface area (Å²) in [5.74, 6) is -0.339. The molecule has 0 bridgehead atoms. The standard InChI is InChI=1S/C24H21F3N2O4/c1-3-33-23(31)20-5-4-12-28(20)21-18-13-17(32-2)10-11-19(18)29(22(21)30)14-15-6-8-16(9-7-15)24(25,26)27/h4-13,21H,3,14H2,1-2H3. The van der Waals surface area contributed by atoms with Crippen LogP contribution in [0.2, 0.25) is 0 Å². The Morgan fingerprint density at radius 2 is 1.82 bits per heavy atom. The topological polar surface area (TPSA) is 60.8 Å². The van der Waals surface area contributed by atoms with Crippen molar-refractivity contribution < 1.29 is 32.2 Å². The van der Waals surface area contributed by atoms with Crippen LogP contribution >= 0.6 is 0 Å². The van der Waals surface area contributed by atoms with Gasteiger partial charge in [0.2, 0.25) is 0 Å². The number of anilines is 1. The average molecular weight is 458 g/mol. The zero-order valence-electron chi connectivity index (χ0n) is 17.9. The molecule has 2 aromatic carbocycles. The molecule has 6 nitrogen and oxygen atoms in total. The number of benzene rings is 2. The normalized spacial score (nSPS) is 15.5. The van der Waals surface area contributed by atoms with Crippen LogP contribution in [-0.4, -0.2) is 30.2 Å². The van der Waals surface area contributed by atoms with Crippen molar-refractivity contribution in [2.45, 2.75) is 25.7 Å². The first-order valence-corrected chi connectivity index (χ1v) is 10.2. The van der Waals surface area contributed by atoms with Gasteiger partial charge >= 0.3 is 12.1 Å². The van der Waals surface area contributed by atoms with Gasteiger partial charge in [-0.1, -0.05) is 12.1 Å². The van der Waals surface area contributed by atoms with Crippen LogP contribution in [0.5, 0.6) is 5.75 Å². The van der Waals surface area contributed by atoms with Crippen molar-refractivity contribution in [1.82, 2.24) is 4.57 Å². The SMILES string of the molecule is CCOC(=O)c1cccn1C1C(=O)N(Cc2ccc(C(F)(F)F)cc2)c2ccc(OC)cc21. The van der Waals surface area contributed by atoms with Crippen molar-refractivity contribution in [2.24, 2.45) is 0 Å². The highest BCUT2D eigenvalue weighted by molar-refractivity contribution is 6.05. The molecule has 9 heteroatoms. The lowest BCUT2D eigenvalue weighted by molar-refractivity contribution is -0.137. The van der Waals surface area contributed by atoms with Gasteiger partial charge < -0.3 is 18.9 Å². The molecule has 0 spiro atoms. The van der Waals surface area contributed by atoms with Crippen LogP contribution in [0.15, 0.2) is 60.8 Å². The Morgan fingerprint density at radius 1 is 1.09 bits per heavy atom. The number of alkyl halides is 3. The van der Waals surface area contributed by atoms with Crippen LogP contribution in [-0.2, 0) is 22.3 Å². The van der Waals surface area contributed by atoms with Gasteiger partial charge in [0.15, 0.2) is 0 Å². The van der Waals surface area contributed by atoms with Crippen LogP contribution in [0.4, 0.5) is 18.9 Å². The Morgan fingerprint density at radius 3 is 2.45 bits per heavy atom. The summed E-state index contributed by atoms with van der Waals surface area (Å²) in [6.45, 7) is 1.95. The maximum absolute atomic E-state index is 13.6. The second kappa shape index (κ2) is 8.65. The number of esters is 1. The van der Waals surface area contributed by atoms with Gasteiger partial charge in [0.25, 0.3) is 5.91 Å². The number of halogens is 3. The van der Waals surface area contributed by atoms with Gasteiger partial charge in [-0.05, 0) is 55.0 Å². The molecular formula is C24H21F3N2O4. The zero-order valence-corrected chi connectivity index (χ0v) is 17.9. The van der Waals surface area contributed by atoms with E-state index in [1.54, 1.807) is 48.0 Å². The van der Waals surface area contributed by atoms with E-state index in [1.807, 2.05) is 0 Å². The number of carbonyl (C=O) groups excluding carboxylic acids is 2. The molecule has 0 fully saturated rings. The third kappa shape index (κ3) is 4.18. The third-order valence-electron chi connectivity index (χ3n) is 5.48. The maximum Gasteiger partial charge on any atom is 0.416 e. The van der Waals surface area contributed by atoms with Gasteiger partial charge in [-0.3, -0.25) is 4.79 Å². The third-order valence-corrected chi connectivity index (χ3v) is 5.48. The molecular weight excluding hydrogens is 437 g/mol. The minimum atomic E-state index is -4.44. The van der Waals surface area contributed by atoms with E-state index in [9.17, 15) is 22.8 Å². The number of rotatable bonds is 6. The number of aromatic nitrogens is 1. The Kier molecular flexibility index (Phi) is 5.88. The molecule has 0 N–H and O–H groups in total. The van der Waals surface area contributed by atoms with Gasteiger partial charge in [-0.25, -0.2) is 4.79 Å². The second-order valence-electron chi connectivity index (χ2n) is 7.47. The largest absolute Gasteiger partial charge is 0.497 e. The van der Waals surface area contributed by atoms with Crippen molar-refractivity contribution in [3.8, 4) is 5.75 Å². The van der Waals surface area contributed by atoms with Crippen LogP contribution in [0.25, 0.3) is 0 Å². The average Bonchev–Trinajstić information content (AvgIpc) is 3.36. The molecule has 4 rings (SSSR count). The molecule has 0 saturated carbocycles. The number of ether oxygens (including phenoxy) is 2. The highest BCUT2D eigenvalue weighted by Crippen LogP contribution is 2.42. The summed E-state index contributed by atoms with van der Waals surface area (Å²) >= 11 is 0. The van der Waals surface area contributed by atoms with E-state index >= 15 is 0 Å². The molecule has 1 amide bonds. The summed E-state index contributed by atoms with van der Waals surface area (Å²) < 4.78 is 50.7. The number of amides is 1. The molecule has 0 radical (unpaired) electrons. The van der Waals surface area contributed by atoms with Gasteiger partial charge in [0.1, 0.15) is 17.5 Å². The van der Waals surface area contributed by atoms with E-state index in [2.05, 4.69) is 0 Å². The van der Waals surface area contributed by atoms with Gasteiger partial charge in [0, 0.05) is 11.8 Å². The van der Waals surface area contributed by atoms with Gasteiger partial charge in [-0.15, -0.1) is 0 Å². The molecule has 1 unspecified atom stereocenters. The van der Waals surface area contributed by atoms with Crippen molar-refractivity contribution in [3.63, 3.8) is 0 Å². The van der Waals surface area contributed by atoms with Crippen LogP contribution in [0.1, 0.15) is 40.1 Å². The first kappa shape index (κ1) is 22.4. The molecule has 33 heavy (non-hydrogen) atoms. The van der Waals surface area contributed by atoms with Crippen LogP contribution < -0.4 is 9.64 Å². The van der Waals surface area contributed by atoms with E-state index in [1.165, 1.54) is 24.1 Å². The van der Waals surface area contributed by atoms with Crippen LogP contribution in [0.3, 0.4) is 0 Å². The predicted octanol–water partition coefficient (Wildman–Crippen LogP) is 4.83. The van der Waals surface area contributed by atoms with Gasteiger partial charge in [-0.2, -0.15) is 13.2 Å². The first-order valence-electron chi connectivity index (χ1n) is 10.2. The minimum absolute atomic E-state index is 0.0722. The van der Waals surface area contributed by atoms with E-state index in [0.717, 1.165) is 12.1 Å². The molecule has 0 aliphatic carbocycles. The number of hydrogen-bond acceptors (Lipinski definition) is 4. The van der Waals surface area contributed by atoms with Crippen molar-refractivity contribution >= 4 is 17.6 Å². The quantitative estimate of drug-likeness (QED) is 0.497. The number of methoxy groups -OCH3 is 1.